The maximum atomic E-state index is 3.64. The summed E-state index contributed by atoms with van der Waals surface area (Å²) in [5.41, 5.74) is 0. The maximum absolute atomic E-state index is 3.64. The Kier molecular flexibility index (Phi) is 1.47. The normalized spacial score (nSPS) is 18.1. The number of hydrogen-bond donors (Lipinski definition) is 0. The van der Waals surface area contributed by atoms with Crippen LogP contribution in [0, 0.1) is 0 Å². The van der Waals surface area contributed by atoms with E-state index >= 15 is 0 Å². The van der Waals surface area contributed by atoms with Crippen LogP contribution in [-0.2, 0) is 0 Å². The fourth-order valence-corrected chi connectivity index (χ4v) is 0.644. The Balaban J connectivity index is 2.49. The van der Waals surface area contributed by atoms with E-state index in [1.54, 1.807) is 29.6 Å². The summed E-state index contributed by atoms with van der Waals surface area (Å²) in [6.07, 6.45) is 3.50. The molecule has 1 heterocycles. The van der Waals surface area contributed by atoms with Crippen LogP contribution in [0.25, 0.3) is 0 Å². The zero-order valence-electron chi connectivity index (χ0n) is 3.78. The molecule has 0 aromatic carbocycles. The van der Waals surface area contributed by atoms with Crippen LogP contribution < -0.4 is 0 Å². The van der Waals surface area contributed by atoms with Crippen LogP contribution in [-0.4, -0.2) is 40.0 Å². The van der Waals surface area contributed by atoms with E-state index in [1.165, 1.54) is 0 Å². The van der Waals surface area contributed by atoms with E-state index in [9.17, 15) is 0 Å². The van der Waals surface area contributed by atoms with E-state index in [4.69, 9.17) is 0 Å². The van der Waals surface area contributed by atoms with Crippen molar-refractivity contribution in [3.05, 3.63) is 0 Å². The van der Waals surface area contributed by atoms with E-state index in [2.05, 4.69) is 10.2 Å². The standard InChI is InChI=1S/C3H6AsN3/c4-7-2-1-5-6-3-7/h1,3H,2,4H2. The summed E-state index contributed by atoms with van der Waals surface area (Å²) in [7, 11) is 0. The summed E-state index contributed by atoms with van der Waals surface area (Å²) in [5.74, 6) is 0. The SMILES string of the molecule is [AsH2]N1C=NN=CC1. The first-order valence-electron chi connectivity index (χ1n) is 1.96. The van der Waals surface area contributed by atoms with Gasteiger partial charge in [0.25, 0.3) is 0 Å². The summed E-state index contributed by atoms with van der Waals surface area (Å²) < 4.78 is 2.01. The summed E-state index contributed by atoms with van der Waals surface area (Å²) in [6.45, 7) is 0.906. The third-order valence-electron chi connectivity index (χ3n) is 0.641. The van der Waals surface area contributed by atoms with Crippen LogP contribution in [0.15, 0.2) is 10.2 Å². The predicted octanol–water partition coefficient (Wildman–Crippen LogP) is -1.14. The van der Waals surface area contributed by atoms with Gasteiger partial charge in [-0.05, 0) is 0 Å². The molecule has 0 amide bonds. The molecule has 0 aliphatic carbocycles. The first-order chi connectivity index (χ1) is 3.39. The molecule has 1 rings (SSSR count). The van der Waals surface area contributed by atoms with Crippen LogP contribution in [0.5, 0.6) is 0 Å². The first kappa shape index (κ1) is 4.85. The van der Waals surface area contributed by atoms with Crippen molar-refractivity contribution in [3.63, 3.8) is 0 Å². The average molecular weight is 159 g/mol. The van der Waals surface area contributed by atoms with Gasteiger partial charge < -0.3 is 0 Å². The topological polar surface area (TPSA) is 28.0 Å². The van der Waals surface area contributed by atoms with Crippen molar-refractivity contribution in [3.8, 4) is 0 Å². The fraction of sp³-hybridized carbons (Fsp3) is 0.333. The Bertz CT molecular complexity index is 109. The zero-order valence-corrected chi connectivity index (χ0v) is 6.20. The van der Waals surface area contributed by atoms with Crippen LogP contribution in [0.3, 0.4) is 0 Å². The molecule has 38 valence electrons. The first-order valence-corrected chi connectivity index (χ1v) is 3.04. The molecule has 1 aliphatic rings. The fourth-order valence-electron chi connectivity index (χ4n) is 0.321. The summed E-state index contributed by atoms with van der Waals surface area (Å²) in [6, 6.07) is 0. The molecule has 0 saturated carbocycles. The van der Waals surface area contributed by atoms with Crippen molar-refractivity contribution in [2.75, 3.05) is 6.54 Å². The van der Waals surface area contributed by atoms with Gasteiger partial charge >= 0.3 is 50.2 Å². The van der Waals surface area contributed by atoms with Gasteiger partial charge in [0.05, 0.1) is 0 Å². The second-order valence-corrected chi connectivity index (χ2v) is 2.62. The van der Waals surface area contributed by atoms with Crippen LogP contribution in [0.1, 0.15) is 0 Å². The molecule has 7 heavy (non-hydrogen) atoms. The van der Waals surface area contributed by atoms with Crippen molar-refractivity contribution in [1.29, 1.82) is 0 Å². The van der Waals surface area contributed by atoms with Crippen LogP contribution in [0.2, 0.25) is 0 Å². The van der Waals surface area contributed by atoms with E-state index in [-0.39, 0.29) is 0 Å². The van der Waals surface area contributed by atoms with Gasteiger partial charge in [0, 0.05) is 0 Å². The van der Waals surface area contributed by atoms with Gasteiger partial charge in [-0.2, -0.15) is 0 Å². The van der Waals surface area contributed by atoms with Gasteiger partial charge in [0.2, 0.25) is 0 Å². The van der Waals surface area contributed by atoms with Crippen molar-refractivity contribution in [2.45, 2.75) is 0 Å². The molecule has 3 nitrogen and oxygen atoms in total. The molecule has 0 bridgehead atoms. The predicted molar refractivity (Wildman–Crippen MR) is 32.2 cm³/mol. The Labute approximate surface area is 50.8 Å². The molecular formula is C3H6AsN3. The molecule has 0 N–H and O–H groups in total. The van der Waals surface area contributed by atoms with Crippen LogP contribution in [0.4, 0.5) is 0 Å². The van der Waals surface area contributed by atoms with Crippen LogP contribution >= 0.6 is 0 Å². The monoisotopic (exact) mass is 159 g/mol. The van der Waals surface area contributed by atoms with Crippen molar-refractivity contribution >= 4 is 29.6 Å². The Hall–Kier alpha value is -0.302. The molecule has 0 aromatic rings. The summed E-state index contributed by atoms with van der Waals surface area (Å²) >= 11 is 1.54. The zero-order chi connectivity index (χ0) is 5.11. The van der Waals surface area contributed by atoms with Gasteiger partial charge in [-0.25, -0.2) is 0 Å². The van der Waals surface area contributed by atoms with Gasteiger partial charge in [0.1, 0.15) is 0 Å². The third-order valence-corrected chi connectivity index (χ3v) is 1.36. The van der Waals surface area contributed by atoms with Crippen molar-refractivity contribution < 1.29 is 0 Å². The molecule has 0 fully saturated rings. The molecule has 4 heteroatoms. The second kappa shape index (κ2) is 2.12. The second-order valence-electron chi connectivity index (χ2n) is 1.23. The minimum absolute atomic E-state index is 0.906. The number of hydrogen-bond acceptors (Lipinski definition) is 3. The number of nitrogens with zero attached hydrogens (tertiary/aromatic N) is 3. The van der Waals surface area contributed by atoms with E-state index in [1.807, 2.05) is 3.82 Å². The van der Waals surface area contributed by atoms with E-state index in [0.717, 1.165) is 6.54 Å². The van der Waals surface area contributed by atoms with E-state index in [0.29, 0.717) is 0 Å². The summed E-state index contributed by atoms with van der Waals surface area (Å²) in [5, 5.41) is 7.28. The molecule has 0 aromatic heterocycles. The van der Waals surface area contributed by atoms with Crippen molar-refractivity contribution in [2.24, 2.45) is 10.2 Å². The van der Waals surface area contributed by atoms with Crippen molar-refractivity contribution in [1.82, 2.24) is 3.82 Å². The van der Waals surface area contributed by atoms with Gasteiger partial charge in [-0.1, -0.05) is 0 Å². The Morgan fingerprint density at radius 1 is 1.57 bits per heavy atom. The van der Waals surface area contributed by atoms with Gasteiger partial charge in [-0.3, -0.25) is 0 Å². The molecule has 0 radical (unpaired) electrons. The Morgan fingerprint density at radius 2 is 2.43 bits per heavy atom. The average Bonchev–Trinajstić information content (AvgIpc) is 1.69. The molecular weight excluding hydrogens is 153 g/mol. The molecule has 1 atom stereocenters. The van der Waals surface area contributed by atoms with E-state index < -0.39 is 0 Å². The summed E-state index contributed by atoms with van der Waals surface area (Å²) in [4.78, 5) is 0. The molecule has 1 unspecified atom stereocenters. The minimum atomic E-state index is 0.906. The number of rotatable bonds is 0. The molecule has 0 spiro atoms. The molecule has 0 saturated heterocycles. The quantitative estimate of drug-likeness (QED) is 0.411. The third kappa shape index (κ3) is 1.32. The van der Waals surface area contributed by atoms with Gasteiger partial charge in [0.15, 0.2) is 0 Å². The molecule has 1 aliphatic heterocycles. The van der Waals surface area contributed by atoms with Gasteiger partial charge in [-0.15, -0.1) is 0 Å². The Morgan fingerprint density at radius 3 is 2.71 bits per heavy atom.